The van der Waals surface area contributed by atoms with Crippen LogP contribution in [-0.4, -0.2) is 0 Å². The number of benzene rings is 1. The minimum atomic E-state index is -0.808. The molecule has 0 saturated heterocycles. The molecule has 76 valence electrons. The SMILES string of the molecule is CC1(C)Cc2cc(F)c(F)cc2[C@H]1N. The number of halogens is 2. The number of hydrogen-bond acceptors (Lipinski definition) is 1. The summed E-state index contributed by atoms with van der Waals surface area (Å²) in [6.07, 6.45) is 0.709. The van der Waals surface area contributed by atoms with Gasteiger partial charge in [-0.05, 0) is 35.1 Å². The van der Waals surface area contributed by atoms with Gasteiger partial charge in [-0.15, -0.1) is 0 Å². The van der Waals surface area contributed by atoms with Crippen molar-refractivity contribution in [2.45, 2.75) is 26.3 Å². The molecule has 0 aliphatic heterocycles. The van der Waals surface area contributed by atoms with Gasteiger partial charge in [0.05, 0.1) is 0 Å². The molecule has 0 aromatic heterocycles. The van der Waals surface area contributed by atoms with E-state index in [1.54, 1.807) is 0 Å². The largest absolute Gasteiger partial charge is 0.323 e. The molecule has 1 nitrogen and oxygen atoms in total. The molecule has 1 aliphatic carbocycles. The average molecular weight is 197 g/mol. The number of rotatable bonds is 0. The highest BCUT2D eigenvalue weighted by molar-refractivity contribution is 5.38. The Hall–Kier alpha value is -0.960. The molecular weight excluding hydrogens is 184 g/mol. The summed E-state index contributed by atoms with van der Waals surface area (Å²) >= 11 is 0. The van der Waals surface area contributed by atoms with Crippen molar-refractivity contribution in [2.75, 3.05) is 0 Å². The number of nitrogens with two attached hydrogens (primary N) is 1. The molecule has 0 saturated carbocycles. The lowest BCUT2D eigenvalue weighted by Gasteiger charge is -2.23. The first-order chi connectivity index (χ1) is 6.42. The first kappa shape index (κ1) is 9.59. The maximum atomic E-state index is 13.0. The maximum absolute atomic E-state index is 13.0. The fourth-order valence-electron chi connectivity index (χ4n) is 2.07. The highest BCUT2D eigenvalue weighted by Gasteiger charge is 2.37. The third-order valence-corrected chi connectivity index (χ3v) is 3.01. The van der Waals surface area contributed by atoms with E-state index in [9.17, 15) is 8.78 Å². The van der Waals surface area contributed by atoms with Crippen LogP contribution in [-0.2, 0) is 6.42 Å². The van der Waals surface area contributed by atoms with Crippen LogP contribution >= 0.6 is 0 Å². The van der Waals surface area contributed by atoms with Crippen molar-refractivity contribution < 1.29 is 8.78 Å². The molecule has 3 heteroatoms. The van der Waals surface area contributed by atoms with Gasteiger partial charge in [0, 0.05) is 6.04 Å². The molecule has 1 aliphatic rings. The lowest BCUT2D eigenvalue weighted by molar-refractivity contribution is 0.318. The van der Waals surface area contributed by atoms with Gasteiger partial charge in [0.15, 0.2) is 11.6 Å². The zero-order chi connectivity index (χ0) is 10.5. The van der Waals surface area contributed by atoms with Crippen LogP contribution < -0.4 is 5.73 Å². The van der Waals surface area contributed by atoms with E-state index >= 15 is 0 Å². The molecule has 1 aromatic carbocycles. The summed E-state index contributed by atoms with van der Waals surface area (Å²) < 4.78 is 25.9. The van der Waals surface area contributed by atoms with Crippen molar-refractivity contribution in [3.8, 4) is 0 Å². The number of fused-ring (bicyclic) bond motifs is 1. The fourth-order valence-corrected chi connectivity index (χ4v) is 2.07. The second kappa shape index (κ2) is 2.76. The normalized spacial score (nSPS) is 23.6. The Kier molecular flexibility index (Phi) is 1.89. The molecule has 14 heavy (non-hydrogen) atoms. The first-order valence-corrected chi connectivity index (χ1v) is 4.65. The Morgan fingerprint density at radius 2 is 1.86 bits per heavy atom. The summed E-state index contributed by atoms with van der Waals surface area (Å²) in [5, 5.41) is 0. The van der Waals surface area contributed by atoms with E-state index in [1.807, 2.05) is 13.8 Å². The van der Waals surface area contributed by atoms with Crippen molar-refractivity contribution in [3.05, 3.63) is 34.9 Å². The van der Waals surface area contributed by atoms with Crippen molar-refractivity contribution in [1.29, 1.82) is 0 Å². The van der Waals surface area contributed by atoms with Crippen LogP contribution in [0.1, 0.15) is 31.0 Å². The van der Waals surface area contributed by atoms with Crippen LogP contribution in [0.25, 0.3) is 0 Å². The van der Waals surface area contributed by atoms with Crippen LogP contribution in [0.15, 0.2) is 12.1 Å². The Balaban J connectivity index is 2.55. The highest BCUT2D eigenvalue weighted by atomic mass is 19.2. The van der Waals surface area contributed by atoms with E-state index in [1.165, 1.54) is 12.1 Å². The van der Waals surface area contributed by atoms with Crippen LogP contribution in [0, 0.1) is 17.0 Å². The minimum absolute atomic E-state index is 0.109. The summed E-state index contributed by atoms with van der Waals surface area (Å²) in [7, 11) is 0. The van der Waals surface area contributed by atoms with Gasteiger partial charge in [-0.25, -0.2) is 8.78 Å². The Morgan fingerprint density at radius 1 is 1.29 bits per heavy atom. The van der Waals surface area contributed by atoms with Crippen molar-refractivity contribution in [1.82, 2.24) is 0 Å². The van der Waals surface area contributed by atoms with Crippen molar-refractivity contribution in [2.24, 2.45) is 11.1 Å². The molecule has 0 unspecified atom stereocenters. The maximum Gasteiger partial charge on any atom is 0.159 e. The molecular formula is C11H13F2N. The van der Waals surface area contributed by atoms with Gasteiger partial charge < -0.3 is 5.73 Å². The summed E-state index contributed by atoms with van der Waals surface area (Å²) in [4.78, 5) is 0. The van der Waals surface area contributed by atoms with E-state index < -0.39 is 11.6 Å². The van der Waals surface area contributed by atoms with E-state index in [-0.39, 0.29) is 11.5 Å². The fraction of sp³-hybridized carbons (Fsp3) is 0.455. The third-order valence-electron chi connectivity index (χ3n) is 3.01. The summed E-state index contributed by atoms with van der Waals surface area (Å²) in [5.41, 5.74) is 7.42. The van der Waals surface area contributed by atoms with Crippen LogP contribution in [0.2, 0.25) is 0 Å². The third kappa shape index (κ3) is 1.23. The molecule has 1 aromatic rings. The van der Waals surface area contributed by atoms with E-state index in [0.717, 1.165) is 11.1 Å². The molecule has 2 rings (SSSR count). The van der Waals surface area contributed by atoms with E-state index in [0.29, 0.717) is 6.42 Å². The van der Waals surface area contributed by atoms with E-state index in [4.69, 9.17) is 5.73 Å². The zero-order valence-electron chi connectivity index (χ0n) is 8.27. The van der Waals surface area contributed by atoms with Gasteiger partial charge in [-0.2, -0.15) is 0 Å². The van der Waals surface area contributed by atoms with Crippen molar-refractivity contribution in [3.63, 3.8) is 0 Å². The molecule has 1 atom stereocenters. The van der Waals surface area contributed by atoms with Gasteiger partial charge in [0.1, 0.15) is 0 Å². The Bertz CT molecular complexity index is 385. The predicted molar refractivity (Wildman–Crippen MR) is 50.8 cm³/mol. The first-order valence-electron chi connectivity index (χ1n) is 4.65. The zero-order valence-corrected chi connectivity index (χ0v) is 8.27. The van der Waals surface area contributed by atoms with E-state index in [2.05, 4.69) is 0 Å². The van der Waals surface area contributed by atoms with Gasteiger partial charge in [-0.1, -0.05) is 13.8 Å². The molecule has 0 radical (unpaired) electrons. The molecule has 0 bridgehead atoms. The lowest BCUT2D eigenvalue weighted by Crippen LogP contribution is -2.24. The summed E-state index contributed by atoms with van der Waals surface area (Å²) in [6, 6.07) is 2.29. The molecule has 0 fully saturated rings. The summed E-state index contributed by atoms with van der Waals surface area (Å²) in [6.45, 7) is 4.01. The smallest absolute Gasteiger partial charge is 0.159 e. The topological polar surface area (TPSA) is 26.0 Å². The minimum Gasteiger partial charge on any atom is -0.323 e. The Labute approximate surface area is 81.9 Å². The predicted octanol–water partition coefficient (Wildman–Crippen LogP) is 2.55. The quantitative estimate of drug-likeness (QED) is 0.679. The summed E-state index contributed by atoms with van der Waals surface area (Å²) in [5.74, 6) is -1.59. The van der Waals surface area contributed by atoms with Gasteiger partial charge in [0.25, 0.3) is 0 Å². The molecule has 0 spiro atoms. The molecule has 0 heterocycles. The molecule has 0 amide bonds. The monoisotopic (exact) mass is 197 g/mol. The standard InChI is InChI=1S/C11H13F2N/c1-11(2)5-6-3-8(12)9(13)4-7(6)10(11)14/h3-4,10H,5,14H2,1-2H3/t10-/m1/s1. The van der Waals surface area contributed by atoms with Crippen LogP contribution in [0.5, 0.6) is 0 Å². The number of hydrogen-bond donors (Lipinski definition) is 1. The van der Waals surface area contributed by atoms with Gasteiger partial charge in [-0.3, -0.25) is 0 Å². The van der Waals surface area contributed by atoms with Crippen molar-refractivity contribution >= 4 is 0 Å². The van der Waals surface area contributed by atoms with Crippen LogP contribution in [0.3, 0.4) is 0 Å². The Morgan fingerprint density at radius 3 is 2.50 bits per heavy atom. The van der Waals surface area contributed by atoms with Gasteiger partial charge >= 0.3 is 0 Å². The highest BCUT2D eigenvalue weighted by Crippen LogP contribution is 2.43. The van der Waals surface area contributed by atoms with Crippen LogP contribution in [0.4, 0.5) is 8.78 Å². The second-order valence-electron chi connectivity index (χ2n) is 4.61. The van der Waals surface area contributed by atoms with Gasteiger partial charge in [0.2, 0.25) is 0 Å². The second-order valence-corrected chi connectivity index (χ2v) is 4.61. The molecule has 2 N–H and O–H groups in total. The lowest BCUT2D eigenvalue weighted by atomic mass is 9.86. The average Bonchev–Trinajstić information content (AvgIpc) is 2.28.